The molecule has 1 saturated heterocycles. The van der Waals surface area contributed by atoms with Gasteiger partial charge < -0.3 is 5.32 Å². The summed E-state index contributed by atoms with van der Waals surface area (Å²) in [6.45, 7) is 1.23. The van der Waals surface area contributed by atoms with Crippen LogP contribution in [0.2, 0.25) is 0 Å². The first-order valence-electron chi connectivity index (χ1n) is 6.18. The van der Waals surface area contributed by atoms with Gasteiger partial charge in [-0.15, -0.1) is 0 Å². The van der Waals surface area contributed by atoms with Crippen LogP contribution in [0.4, 0.5) is 0 Å². The molecule has 1 N–H and O–H groups in total. The van der Waals surface area contributed by atoms with Gasteiger partial charge in [-0.25, -0.2) is 0 Å². The van der Waals surface area contributed by atoms with Gasteiger partial charge in [0.15, 0.2) is 0 Å². The zero-order valence-corrected chi connectivity index (χ0v) is 9.21. The summed E-state index contributed by atoms with van der Waals surface area (Å²) >= 11 is 0. The van der Waals surface area contributed by atoms with Gasteiger partial charge in [-0.2, -0.15) is 0 Å². The number of nitrogens with one attached hydrogen (secondary N) is 1. The molecule has 1 heterocycles. The van der Waals surface area contributed by atoms with Gasteiger partial charge in [-0.1, -0.05) is 36.8 Å². The monoisotopic (exact) mass is 201 g/mol. The van der Waals surface area contributed by atoms with Crippen LogP contribution < -0.4 is 5.32 Å². The van der Waals surface area contributed by atoms with E-state index in [4.69, 9.17) is 0 Å². The van der Waals surface area contributed by atoms with Crippen LogP contribution in [-0.4, -0.2) is 12.1 Å². The average molecular weight is 201 g/mol. The molecule has 0 bridgehead atoms. The van der Waals surface area contributed by atoms with Crippen molar-refractivity contribution in [2.75, 3.05) is 6.54 Å². The second-order valence-electron chi connectivity index (χ2n) is 5.12. The Kier molecular flexibility index (Phi) is 2.28. The molecule has 1 aliphatic carbocycles. The Hall–Kier alpha value is -0.820. The molecule has 1 heteroatoms. The third kappa shape index (κ3) is 1.59. The molecular weight excluding hydrogens is 182 g/mol. The van der Waals surface area contributed by atoms with Crippen molar-refractivity contribution in [2.24, 2.45) is 5.92 Å². The van der Waals surface area contributed by atoms with Crippen molar-refractivity contribution < 1.29 is 0 Å². The van der Waals surface area contributed by atoms with Crippen LogP contribution in [0.25, 0.3) is 0 Å². The van der Waals surface area contributed by atoms with Crippen molar-refractivity contribution in [1.29, 1.82) is 0 Å². The van der Waals surface area contributed by atoms with Gasteiger partial charge in [-0.05, 0) is 43.7 Å². The molecule has 2 aliphatic rings. The van der Waals surface area contributed by atoms with Crippen molar-refractivity contribution in [2.45, 2.75) is 37.6 Å². The first-order valence-corrected chi connectivity index (χ1v) is 6.18. The van der Waals surface area contributed by atoms with Crippen LogP contribution in [-0.2, 0) is 6.42 Å². The molecule has 0 unspecified atom stereocenters. The Morgan fingerprint density at radius 2 is 2.07 bits per heavy atom. The molecule has 1 aromatic carbocycles. The standard InChI is InChI=1S/C14H19N/c1-2-5-12(6-3-1)11-14-9-4-7-13(14)8-10-15-14/h1-3,5-6,13,15H,4,7-11H2/t13-,14+/m1/s1. The predicted octanol–water partition coefficient (Wildman–Crippen LogP) is 2.76. The molecular formula is C14H19N. The molecule has 1 nitrogen and oxygen atoms in total. The van der Waals surface area contributed by atoms with Crippen molar-refractivity contribution in [3.05, 3.63) is 35.9 Å². The Bertz CT molecular complexity index is 320. The van der Waals surface area contributed by atoms with E-state index in [1.165, 1.54) is 44.2 Å². The molecule has 3 rings (SSSR count). The van der Waals surface area contributed by atoms with E-state index in [0.29, 0.717) is 5.54 Å². The van der Waals surface area contributed by atoms with Crippen molar-refractivity contribution in [3.63, 3.8) is 0 Å². The summed E-state index contributed by atoms with van der Waals surface area (Å²) in [4.78, 5) is 0. The lowest BCUT2D eigenvalue weighted by Crippen LogP contribution is -2.43. The van der Waals surface area contributed by atoms with Crippen molar-refractivity contribution in [3.8, 4) is 0 Å². The average Bonchev–Trinajstić information content (AvgIpc) is 2.78. The van der Waals surface area contributed by atoms with Gasteiger partial charge >= 0.3 is 0 Å². The maximum Gasteiger partial charge on any atom is 0.0250 e. The minimum Gasteiger partial charge on any atom is -0.311 e. The van der Waals surface area contributed by atoms with Crippen LogP contribution >= 0.6 is 0 Å². The Labute approximate surface area is 91.9 Å². The Morgan fingerprint density at radius 3 is 2.93 bits per heavy atom. The molecule has 0 spiro atoms. The fraction of sp³-hybridized carbons (Fsp3) is 0.571. The predicted molar refractivity (Wildman–Crippen MR) is 62.8 cm³/mol. The highest BCUT2D eigenvalue weighted by molar-refractivity contribution is 5.20. The van der Waals surface area contributed by atoms with Gasteiger partial charge in [-0.3, -0.25) is 0 Å². The van der Waals surface area contributed by atoms with E-state index in [-0.39, 0.29) is 0 Å². The first-order chi connectivity index (χ1) is 7.39. The first kappa shape index (κ1) is 9.41. The maximum absolute atomic E-state index is 3.78. The SMILES string of the molecule is c1ccc(C[C@@]23CCC[C@@H]2CCN3)cc1. The lowest BCUT2D eigenvalue weighted by molar-refractivity contribution is 0.319. The van der Waals surface area contributed by atoms with Gasteiger partial charge in [0.25, 0.3) is 0 Å². The third-order valence-corrected chi connectivity index (χ3v) is 4.29. The number of benzene rings is 1. The molecule has 1 aromatic rings. The molecule has 0 amide bonds. The van der Waals surface area contributed by atoms with Crippen molar-refractivity contribution in [1.82, 2.24) is 5.32 Å². The van der Waals surface area contributed by atoms with E-state index < -0.39 is 0 Å². The molecule has 2 atom stereocenters. The summed E-state index contributed by atoms with van der Waals surface area (Å²) in [5.74, 6) is 0.942. The van der Waals surface area contributed by atoms with E-state index in [1.54, 1.807) is 0 Å². The largest absolute Gasteiger partial charge is 0.311 e. The highest BCUT2D eigenvalue weighted by Crippen LogP contribution is 2.43. The fourth-order valence-corrected chi connectivity index (χ4v) is 3.55. The second-order valence-corrected chi connectivity index (χ2v) is 5.12. The third-order valence-electron chi connectivity index (χ3n) is 4.29. The van der Waals surface area contributed by atoms with Gasteiger partial charge in [0, 0.05) is 5.54 Å². The van der Waals surface area contributed by atoms with Crippen LogP contribution in [0.1, 0.15) is 31.2 Å². The van der Waals surface area contributed by atoms with E-state index in [1.807, 2.05) is 0 Å². The van der Waals surface area contributed by atoms with E-state index in [0.717, 1.165) is 5.92 Å². The molecule has 80 valence electrons. The van der Waals surface area contributed by atoms with Gasteiger partial charge in [0.05, 0.1) is 0 Å². The number of rotatable bonds is 2. The Balaban J connectivity index is 1.82. The highest BCUT2D eigenvalue weighted by Gasteiger charge is 2.45. The van der Waals surface area contributed by atoms with Gasteiger partial charge in [0.1, 0.15) is 0 Å². The van der Waals surface area contributed by atoms with Crippen LogP contribution in [0.15, 0.2) is 30.3 Å². The summed E-state index contributed by atoms with van der Waals surface area (Å²) in [7, 11) is 0. The van der Waals surface area contributed by atoms with Crippen LogP contribution in [0.3, 0.4) is 0 Å². The Morgan fingerprint density at radius 1 is 1.20 bits per heavy atom. The second kappa shape index (κ2) is 3.64. The smallest absolute Gasteiger partial charge is 0.0250 e. The number of hydrogen-bond acceptors (Lipinski definition) is 1. The lowest BCUT2D eigenvalue weighted by atomic mass is 9.83. The molecule has 0 aromatic heterocycles. The minimum atomic E-state index is 0.460. The normalized spacial score (nSPS) is 34.3. The zero-order chi connectivity index (χ0) is 10.1. The zero-order valence-electron chi connectivity index (χ0n) is 9.21. The minimum absolute atomic E-state index is 0.460. The molecule has 2 fully saturated rings. The van der Waals surface area contributed by atoms with Crippen molar-refractivity contribution >= 4 is 0 Å². The van der Waals surface area contributed by atoms with Crippen LogP contribution in [0, 0.1) is 5.92 Å². The number of hydrogen-bond donors (Lipinski definition) is 1. The fourth-order valence-electron chi connectivity index (χ4n) is 3.55. The topological polar surface area (TPSA) is 12.0 Å². The molecule has 0 radical (unpaired) electrons. The van der Waals surface area contributed by atoms with Crippen LogP contribution in [0.5, 0.6) is 0 Å². The molecule has 1 aliphatic heterocycles. The summed E-state index contributed by atoms with van der Waals surface area (Å²) in [6, 6.07) is 11.0. The maximum atomic E-state index is 3.78. The number of fused-ring (bicyclic) bond motifs is 1. The highest BCUT2D eigenvalue weighted by atomic mass is 15.0. The van der Waals surface area contributed by atoms with E-state index in [2.05, 4.69) is 35.6 Å². The van der Waals surface area contributed by atoms with Gasteiger partial charge in [0.2, 0.25) is 0 Å². The molecule has 1 saturated carbocycles. The molecule has 15 heavy (non-hydrogen) atoms. The quantitative estimate of drug-likeness (QED) is 0.776. The summed E-state index contributed by atoms with van der Waals surface area (Å²) in [5.41, 5.74) is 1.96. The summed E-state index contributed by atoms with van der Waals surface area (Å²) in [6.07, 6.45) is 6.88. The summed E-state index contributed by atoms with van der Waals surface area (Å²) in [5, 5.41) is 3.78. The van der Waals surface area contributed by atoms with E-state index in [9.17, 15) is 0 Å². The lowest BCUT2D eigenvalue weighted by Gasteiger charge is -2.30. The van der Waals surface area contributed by atoms with E-state index >= 15 is 0 Å². The summed E-state index contributed by atoms with van der Waals surface area (Å²) < 4.78 is 0.